The monoisotopic (exact) mass is 457 g/mol. The van der Waals surface area contributed by atoms with Crippen LogP contribution in [0.4, 0.5) is 10.1 Å². The molecule has 1 unspecified atom stereocenters. The second-order valence-corrected chi connectivity index (χ2v) is 8.62. The number of halogens is 1. The number of benzene rings is 3. The second kappa shape index (κ2) is 10.1. The minimum absolute atomic E-state index is 0.228. The van der Waals surface area contributed by atoms with Gasteiger partial charge in [-0.1, -0.05) is 48.2 Å². The van der Waals surface area contributed by atoms with E-state index in [1.165, 1.54) is 23.9 Å². The third-order valence-corrected chi connectivity index (χ3v) is 5.94. The van der Waals surface area contributed by atoms with Crippen LogP contribution in [-0.4, -0.2) is 25.9 Å². The van der Waals surface area contributed by atoms with Gasteiger partial charge in [0.2, 0.25) is 5.91 Å². The van der Waals surface area contributed by atoms with E-state index in [1.54, 1.807) is 43.3 Å². The van der Waals surface area contributed by atoms with E-state index in [0.29, 0.717) is 34.3 Å². The number of hydrogen-bond donors (Lipinski definition) is 1. The first kappa shape index (κ1) is 22.2. The van der Waals surface area contributed by atoms with Crippen LogP contribution >= 0.6 is 11.8 Å². The summed E-state index contributed by atoms with van der Waals surface area (Å²) in [5, 5.41) is 20.6. The number of amides is 1. The summed E-state index contributed by atoms with van der Waals surface area (Å²) in [6.45, 7) is 1.77. The number of thioether (sulfide) groups is 1. The average Bonchev–Trinajstić information content (AvgIpc) is 3.22. The Bertz CT molecular complexity index is 1300. The predicted octanol–water partition coefficient (Wildman–Crippen LogP) is 4.99. The van der Waals surface area contributed by atoms with Crippen molar-refractivity contribution in [2.75, 3.05) is 5.32 Å². The number of nitrogens with zero attached hydrogens (tertiary/aromatic N) is 4. The zero-order valence-corrected chi connectivity index (χ0v) is 18.6. The Balaban J connectivity index is 1.59. The van der Waals surface area contributed by atoms with Gasteiger partial charge in [0, 0.05) is 17.8 Å². The Morgan fingerprint density at radius 3 is 2.58 bits per heavy atom. The van der Waals surface area contributed by atoms with Gasteiger partial charge in [-0.2, -0.15) is 5.26 Å². The summed E-state index contributed by atoms with van der Waals surface area (Å²) in [5.74, 6) is 0.121. The van der Waals surface area contributed by atoms with Gasteiger partial charge in [-0.15, -0.1) is 10.2 Å². The molecule has 0 aliphatic heterocycles. The van der Waals surface area contributed by atoms with E-state index in [0.717, 1.165) is 5.56 Å². The molecule has 8 heteroatoms. The minimum Gasteiger partial charge on any atom is -0.325 e. The molecule has 1 aromatic heterocycles. The lowest BCUT2D eigenvalue weighted by atomic mass is 10.1. The van der Waals surface area contributed by atoms with Crippen molar-refractivity contribution >= 4 is 23.4 Å². The second-order valence-electron chi connectivity index (χ2n) is 7.31. The highest BCUT2D eigenvalue weighted by Crippen LogP contribution is 2.27. The van der Waals surface area contributed by atoms with E-state index in [-0.39, 0.29) is 11.7 Å². The number of nitriles is 1. The zero-order chi connectivity index (χ0) is 23.2. The number of anilines is 1. The fraction of sp³-hybridized carbons (Fsp3) is 0.120. The largest absolute Gasteiger partial charge is 0.325 e. The first-order valence-electron chi connectivity index (χ1n) is 10.3. The summed E-state index contributed by atoms with van der Waals surface area (Å²) in [6.07, 6.45) is 0.535. The molecule has 0 aliphatic rings. The molecule has 4 aromatic rings. The van der Waals surface area contributed by atoms with Gasteiger partial charge in [-0.05, 0) is 55.0 Å². The van der Waals surface area contributed by atoms with Gasteiger partial charge in [0.05, 0.1) is 16.9 Å². The molecule has 0 saturated carbocycles. The molecule has 1 atom stereocenters. The number of rotatable bonds is 7. The molecule has 0 aliphatic carbocycles. The Kier molecular flexibility index (Phi) is 6.81. The normalized spacial score (nSPS) is 11.5. The van der Waals surface area contributed by atoms with Gasteiger partial charge in [0.25, 0.3) is 0 Å². The van der Waals surface area contributed by atoms with Crippen molar-refractivity contribution in [2.45, 2.75) is 23.8 Å². The van der Waals surface area contributed by atoms with Gasteiger partial charge < -0.3 is 5.32 Å². The Morgan fingerprint density at radius 1 is 1.09 bits per heavy atom. The third-order valence-electron chi connectivity index (χ3n) is 4.90. The van der Waals surface area contributed by atoms with Crippen LogP contribution in [0.2, 0.25) is 0 Å². The minimum atomic E-state index is -0.497. The van der Waals surface area contributed by atoms with Crippen LogP contribution in [-0.2, 0) is 11.2 Å². The molecule has 1 heterocycles. The molecular weight excluding hydrogens is 437 g/mol. The molecule has 0 spiro atoms. The maximum Gasteiger partial charge on any atom is 0.237 e. The Labute approximate surface area is 195 Å². The quantitative estimate of drug-likeness (QED) is 0.396. The lowest BCUT2D eigenvalue weighted by Gasteiger charge is -2.14. The summed E-state index contributed by atoms with van der Waals surface area (Å²) in [4.78, 5) is 12.8. The Hall–Kier alpha value is -3.96. The molecule has 1 N–H and O–H groups in total. The maximum absolute atomic E-state index is 13.5. The topological polar surface area (TPSA) is 83.6 Å². The smallest absolute Gasteiger partial charge is 0.237 e. The first-order valence-corrected chi connectivity index (χ1v) is 11.1. The molecule has 3 aromatic carbocycles. The van der Waals surface area contributed by atoms with Crippen molar-refractivity contribution in [2.24, 2.45) is 0 Å². The molecule has 0 bridgehead atoms. The van der Waals surface area contributed by atoms with Gasteiger partial charge in [-0.25, -0.2) is 4.39 Å². The van der Waals surface area contributed by atoms with Crippen molar-refractivity contribution in [3.05, 3.63) is 102 Å². The zero-order valence-electron chi connectivity index (χ0n) is 17.8. The Morgan fingerprint density at radius 2 is 1.85 bits per heavy atom. The summed E-state index contributed by atoms with van der Waals surface area (Å²) >= 11 is 1.26. The van der Waals surface area contributed by atoms with E-state index >= 15 is 0 Å². The molecule has 6 nitrogen and oxygen atoms in total. The van der Waals surface area contributed by atoms with Crippen LogP contribution in [0.3, 0.4) is 0 Å². The van der Waals surface area contributed by atoms with Crippen molar-refractivity contribution in [1.29, 1.82) is 5.26 Å². The van der Waals surface area contributed by atoms with Crippen molar-refractivity contribution < 1.29 is 9.18 Å². The van der Waals surface area contributed by atoms with Crippen molar-refractivity contribution in [3.8, 4) is 11.8 Å². The van der Waals surface area contributed by atoms with Gasteiger partial charge in [0.15, 0.2) is 5.16 Å². The lowest BCUT2D eigenvalue weighted by Crippen LogP contribution is -2.23. The SMILES string of the molecule is CC(Sc1nnc(Cc2ccccc2)n1-c1ccc(F)cc1)C(=O)Nc1cccc(C#N)c1. The van der Waals surface area contributed by atoms with Crippen LogP contribution < -0.4 is 5.32 Å². The van der Waals surface area contributed by atoms with E-state index in [9.17, 15) is 9.18 Å². The fourth-order valence-corrected chi connectivity index (χ4v) is 4.13. The molecule has 0 fully saturated rings. The van der Waals surface area contributed by atoms with E-state index < -0.39 is 5.25 Å². The first-order chi connectivity index (χ1) is 16.0. The van der Waals surface area contributed by atoms with Crippen LogP contribution in [0.1, 0.15) is 23.9 Å². The van der Waals surface area contributed by atoms with Gasteiger partial charge in [-0.3, -0.25) is 9.36 Å². The standard InChI is InChI=1S/C25H20FN5OS/c1-17(24(32)28-21-9-5-8-19(14-21)16-27)33-25-30-29-23(15-18-6-3-2-4-7-18)31(25)22-12-10-20(26)11-13-22/h2-14,17H,15H2,1H3,(H,28,32). The number of carbonyl (C=O) groups excluding carboxylic acids is 1. The maximum atomic E-state index is 13.5. The van der Waals surface area contributed by atoms with Crippen LogP contribution in [0.15, 0.2) is 84.0 Å². The lowest BCUT2D eigenvalue weighted by molar-refractivity contribution is -0.115. The third kappa shape index (κ3) is 5.45. The van der Waals surface area contributed by atoms with E-state index in [2.05, 4.69) is 21.6 Å². The summed E-state index contributed by atoms with van der Waals surface area (Å²) in [7, 11) is 0. The molecule has 0 radical (unpaired) electrons. The summed E-state index contributed by atoms with van der Waals surface area (Å²) in [6, 6.07) is 24.7. The van der Waals surface area contributed by atoms with Crippen LogP contribution in [0, 0.1) is 17.1 Å². The molecule has 1 amide bonds. The van der Waals surface area contributed by atoms with Crippen LogP contribution in [0.25, 0.3) is 5.69 Å². The van der Waals surface area contributed by atoms with Crippen molar-refractivity contribution in [3.63, 3.8) is 0 Å². The molecule has 33 heavy (non-hydrogen) atoms. The number of hydrogen-bond acceptors (Lipinski definition) is 5. The summed E-state index contributed by atoms with van der Waals surface area (Å²) < 4.78 is 15.4. The highest BCUT2D eigenvalue weighted by Gasteiger charge is 2.21. The van der Waals surface area contributed by atoms with Gasteiger partial charge >= 0.3 is 0 Å². The van der Waals surface area contributed by atoms with Crippen LogP contribution in [0.5, 0.6) is 0 Å². The van der Waals surface area contributed by atoms with E-state index in [1.807, 2.05) is 34.9 Å². The fourth-order valence-electron chi connectivity index (χ4n) is 3.24. The highest BCUT2D eigenvalue weighted by molar-refractivity contribution is 8.00. The molecular formula is C25H20FN5OS. The van der Waals surface area contributed by atoms with Crippen molar-refractivity contribution in [1.82, 2.24) is 14.8 Å². The highest BCUT2D eigenvalue weighted by atomic mass is 32.2. The summed E-state index contributed by atoms with van der Waals surface area (Å²) in [5.41, 5.74) is 2.79. The average molecular weight is 458 g/mol. The van der Waals surface area contributed by atoms with Gasteiger partial charge in [0.1, 0.15) is 11.6 Å². The van der Waals surface area contributed by atoms with E-state index in [4.69, 9.17) is 5.26 Å². The number of aromatic nitrogens is 3. The molecule has 164 valence electrons. The molecule has 4 rings (SSSR count). The molecule has 0 saturated heterocycles. The number of nitrogens with one attached hydrogen (secondary N) is 1. The number of carbonyl (C=O) groups is 1. The predicted molar refractivity (Wildman–Crippen MR) is 126 cm³/mol.